The van der Waals surface area contributed by atoms with Gasteiger partial charge in [-0.25, -0.2) is 4.68 Å². The van der Waals surface area contributed by atoms with Gasteiger partial charge in [-0.1, -0.05) is 36.4 Å². The molecule has 3 rings (SSSR count). The summed E-state index contributed by atoms with van der Waals surface area (Å²) in [7, 11) is 0. The first kappa shape index (κ1) is 8.61. The Balaban J connectivity index is 2.29. The number of nitrogens with zero attached hydrogens (tertiary/aromatic N) is 4. The Morgan fingerprint density at radius 3 is 3.13 bits per heavy atom. The van der Waals surface area contributed by atoms with Gasteiger partial charge in [0.2, 0.25) is 0 Å². The Kier molecular flexibility index (Phi) is 1.67. The summed E-state index contributed by atoms with van der Waals surface area (Å²) < 4.78 is 1.74. The van der Waals surface area contributed by atoms with Gasteiger partial charge < -0.3 is 0 Å². The molecule has 0 bridgehead atoms. The molecule has 2 heterocycles. The molecule has 0 saturated heterocycles. The standard InChI is InChI=1S/C10H7ClN4/c1-2-6-3-4-7-8(9(6)11)5-15-10(7)12-13-14-15/h2-4H,1,5H2. The number of aromatic nitrogens is 4. The van der Waals surface area contributed by atoms with Crippen molar-refractivity contribution in [3.63, 3.8) is 0 Å². The van der Waals surface area contributed by atoms with Gasteiger partial charge in [0.05, 0.1) is 11.6 Å². The largest absolute Gasteiger partial charge is 0.221 e. The maximum absolute atomic E-state index is 6.24. The van der Waals surface area contributed by atoms with Crippen molar-refractivity contribution in [1.29, 1.82) is 0 Å². The Labute approximate surface area is 91.2 Å². The Bertz CT molecular complexity index is 559. The van der Waals surface area contributed by atoms with Crippen LogP contribution >= 0.6 is 11.6 Å². The number of hydrogen-bond acceptors (Lipinski definition) is 3. The fourth-order valence-corrected chi connectivity index (χ4v) is 2.12. The van der Waals surface area contributed by atoms with E-state index in [9.17, 15) is 0 Å². The summed E-state index contributed by atoms with van der Waals surface area (Å²) in [5.41, 5.74) is 3.00. The smallest absolute Gasteiger partial charge is 0.182 e. The zero-order valence-electron chi connectivity index (χ0n) is 7.81. The molecule has 0 saturated carbocycles. The SMILES string of the molecule is C=Cc1ccc2c(c1Cl)Cn1nnnc1-2. The van der Waals surface area contributed by atoms with Gasteiger partial charge in [0.1, 0.15) is 0 Å². The number of fused-ring (bicyclic) bond motifs is 3. The molecule has 2 aromatic rings. The highest BCUT2D eigenvalue weighted by Gasteiger charge is 2.24. The predicted octanol–water partition coefficient (Wildman–Crippen LogP) is 2.00. The van der Waals surface area contributed by atoms with E-state index >= 15 is 0 Å². The van der Waals surface area contributed by atoms with Crippen molar-refractivity contribution < 1.29 is 0 Å². The van der Waals surface area contributed by atoms with Crippen molar-refractivity contribution in [2.24, 2.45) is 0 Å². The van der Waals surface area contributed by atoms with Crippen LogP contribution in [0, 0.1) is 0 Å². The molecule has 74 valence electrons. The molecule has 0 amide bonds. The lowest BCUT2D eigenvalue weighted by Crippen LogP contribution is -1.96. The maximum atomic E-state index is 6.24. The van der Waals surface area contributed by atoms with Gasteiger partial charge >= 0.3 is 0 Å². The van der Waals surface area contributed by atoms with Crippen LogP contribution in [0.25, 0.3) is 17.5 Å². The quantitative estimate of drug-likeness (QED) is 0.628. The van der Waals surface area contributed by atoms with Crippen LogP contribution in [0.15, 0.2) is 18.7 Å². The number of hydrogen-bond donors (Lipinski definition) is 0. The fourth-order valence-electron chi connectivity index (χ4n) is 1.81. The third kappa shape index (κ3) is 1.05. The molecule has 5 heteroatoms. The van der Waals surface area contributed by atoms with Gasteiger partial charge in [-0.3, -0.25) is 0 Å². The van der Waals surface area contributed by atoms with E-state index in [4.69, 9.17) is 11.6 Å². The van der Waals surface area contributed by atoms with Crippen molar-refractivity contribution in [2.75, 3.05) is 0 Å². The molecule has 0 fully saturated rings. The topological polar surface area (TPSA) is 43.6 Å². The van der Waals surface area contributed by atoms with Gasteiger partial charge in [-0.15, -0.1) is 5.10 Å². The summed E-state index contributed by atoms with van der Waals surface area (Å²) in [6.45, 7) is 4.36. The lowest BCUT2D eigenvalue weighted by Gasteiger charge is -2.03. The number of benzene rings is 1. The first-order valence-corrected chi connectivity index (χ1v) is 4.89. The Morgan fingerprint density at radius 2 is 2.33 bits per heavy atom. The summed E-state index contributed by atoms with van der Waals surface area (Å²) in [6.07, 6.45) is 1.75. The second-order valence-electron chi connectivity index (χ2n) is 3.36. The fraction of sp³-hybridized carbons (Fsp3) is 0.100. The highest BCUT2D eigenvalue weighted by molar-refractivity contribution is 6.33. The molecule has 0 N–H and O–H groups in total. The molecular weight excluding hydrogens is 212 g/mol. The van der Waals surface area contributed by atoms with Crippen molar-refractivity contribution in [2.45, 2.75) is 6.54 Å². The minimum Gasteiger partial charge on any atom is -0.221 e. The van der Waals surface area contributed by atoms with E-state index in [1.807, 2.05) is 12.1 Å². The molecule has 0 unspecified atom stereocenters. The lowest BCUT2D eigenvalue weighted by molar-refractivity contribution is 0.670. The minimum atomic E-state index is 0.637. The Morgan fingerprint density at radius 1 is 1.47 bits per heavy atom. The van der Waals surface area contributed by atoms with Gasteiger partial charge in [0, 0.05) is 11.1 Å². The monoisotopic (exact) mass is 218 g/mol. The number of tetrazole rings is 1. The Hall–Kier alpha value is -1.68. The average molecular weight is 219 g/mol. The molecule has 0 aliphatic carbocycles. The predicted molar refractivity (Wildman–Crippen MR) is 57.5 cm³/mol. The van der Waals surface area contributed by atoms with Crippen molar-refractivity contribution >= 4 is 17.7 Å². The van der Waals surface area contributed by atoms with E-state index in [1.165, 1.54) is 0 Å². The van der Waals surface area contributed by atoms with Crippen LogP contribution in [0.1, 0.15) is 11.1 Å². The number of rotatable bonds is 1. The lowest BCUT2D eigenvalue weighted by atomic mass is 10.1. The maximum Gasteiger partial charge on any atom is 0.182 e. The van der Waals surface area contributed by atoms with Gasteiger partial charge in [-0.05, 0) is 16.0 Å². The van der Waals surface area contributed by atoms with Crippen molar-refractivity contribution in [1.82, 2.24) is 20.2 Å². The van der Waals surface area contributed by atoms with Gasteiger partial charge in [0.15, 0.2) is 5.82 Å². The van der Waals surface area contributed by atoms with E-state index in [0.29, 0.717) is 6.54 Å². The van der Waals surface area contributed by atoms with Crippen LogP contribution in [0.3, 0.4) is 0 Å². The summed E-state index contributed by atoms with van der Waals surface area (Å²) in [5.74, 6) is 0.780. The molecule has 1 aliphatic rings. The molecular formula is C10H7ClN4. The highest BCUT2D eigenvalue weighted by atomic mass is 35.5. The molecule has 0 radical (unpaired) electrons. The minimum absolute atomic E-state index is 0.637. The van der Waals surface area contributed by atoms with Crippen LogP contribution in [-0.2, 0) is 6.54 Å². The van der Waals surface area contributed by atoms with Crippen molar-refractivity contribution in [3.05, 3.63) is 34.9 Å². The van der Waals surface area contributed by atoms with E-state index in [0.717, 1.165) is 27.5 Å². The average Bonchev–Trinajstić information content (AvgIpc) is 2.79. The second-order valence-corrected chi connectivity index (χ2v) is 3.74. The summed E-state index contributed by atoms with van der Waals surface area (Å²) in [4.78, 5) is 0. The van der Waals surface area contributed by atoms with Crippen LogP contribution in [0.5, 0.6) is 0 Å². The third-order valence-electron chi connectivity index (χ3n) is 2.57. The summed E-state index contributed by atoms with van der Waals surface area (Å²) >= 11 is 6.24. The van der Waals surface area contributed by atoms with Crippen LogP contribution in [0.4, 0.5) is 0 Å². The van der Waals surface area contributed by atoms with Crippen LogP contribution in [0.2, 0.25) is 5.02 Å². The molecule has 0 spiro atoms. The number of halogens is 1. The van der Waals surface area contributed by atoms with Crippen LogP contribution < -0.4 is 0 Å². The molecule has 1 aliphatic heterocycles. The van der Waals surface area contributed by atoms with E-state index in [1.54, 1.807) is 10.8 Å². The van der Waals surface area contributed by atoms with Crippen molar-refractivity contribution in [3.8, 4) is 11.4 Å². The first-order valence-electron chi connectivity index (χ1n) is 4.51. The third-order valence-corrected chi connectivity index (χ3v) is 3.02. The molecule has 1 aromatic heterocycles. The summed E-state index contributed by atoms with van der Waals surface area (Å²) in [6, 6.07) is 3.91. The van der Waals surface area contributed by atoms with E-state index in [2.05, 4.69) is 22.1 Å². The zero-order chi connectivity index (χ0) is 10.4. The summed E-state index contributed by atoms with van der Waals surface area (Å²) in [5, 5.41) is 12.2. The van der Waals surface area contributed by atoms with Crippen LogP contribution in [-0.4, -0.2) is 20.2 Å². The van der Waals surface area contributed by atoms with E-state index < -0.39 is 0 Å². The molecule has 15 heavy (non-hydrogen) atoms. The second kappa shape index (κ2) is 2.90. The van der Waals surface area contributed by atoms with Gasteiger partial charge in [-0.2, -0.15) is 0 Å². The van der Waals surface area contributed by atoms with E-state index in [-0.39, 0.29) is 0 Å². The highest BCUT2D eigenvalue weighted by Crippen LogP contribution is 2.36. The molecule has 4 nitrogen and oxygen atoms in total. The molecule has 0 atom stereocenters. The zero-order valence-corrected chi connectivity index (χ0v) is 8.57. The normalized spacial score (nSPS) is 12.3. The first-order chi connectivity index (χ1) is 7.31. The molecule has 1 aromatic carbocycles. The van der Waals surface area contributed by atoms with Gasteiger partial charge in [0.25, 0.3) is 0 Å².